The second-order valence-corrected chi connectivity index (χ2v) is 6.63. The summed E-state index contributed by atoms with van der Waals surface area (Å²) in [5, 5.41) is 11.2. The molecule has 8 heteroatoms. The van der Waals surface area contributed by atoms with Gasteiger partial charge in [0.2, 0.25) is 0 Å². The summed E-state index contributed by atoms with van der Waals surface area (Å²) in [6.07, 6.45) is 5.10. The van der Waals surface area contributed by atoms with Gasteiger partial charge in [-0.15, -0.1) is 0 Å². The van der Waals surface area contributed by atoms with E-state index in [1.54, 1.807) is 18.6 Å². The van der Waals surface area contributed by atoms with Crippen LogP contribution < -0.4 is 4.90 Å². The summed E-state index contributed by atoms with van der Waals surface area (Å²) in [6.45, 7) is 1.77. The summed E-state index contributed by atoms with van der Waals surface area (Å²) < 4.78 is 7.45. The summed E-state index contributed by atoms with van der Waals surface area (Å²) >= 11 is 12.6. The van der Waals surface area contributed by atoms with Gasteiger partial charge in [-0.25, -0.2) is 9.97 Å². The van der Waals surface area contributed by atoms with Gasteiger partial charge in [0, 0.05) is 36.9 Å². The van der Waals surface area contributed by atoms with Crippen molar-refractivity contribution in [3.05, 3.63) is 47.0 Å². The fourth-order valence-electron chi connectivity index (χ4n) is 3.02. The lowest BCUT2D eigenvalue weighted by molar-refractivity contribution is 0.00338. The van der Waals surface area contributed by atoms with E-state index in [4.69, 9.17) is 32.9 Å². The first kappa shape index (κ1) is 16.6. The molecule has 2 aromatic heterocycles. The highest BCUT2D eigenvalue weighted by molar-refractivity contribution is 6.45. The Morgan fingerprint density at radius 2 is 2.20 bits per heavy atom. The number of hydrogen-bond donors (Lipinski definition) is 1. The van der Waals surface area contributed by atoms with Gasteiger partial charge < -0.3 is 19.3 Å². The topological polar surface area (TPSA) is 63.4 Å². The largest absolute Gasteiger partial charge is 0.394 e. The Labute approximate surface area is 154 Å². The molecule has 3 aromatic rings. The zero-order chi connectivity index (χ0) is 17.4. The Bertz CT molecular complexity index is 901. The lowest BCUT2D eigenvalue weighted by Gasteiger charge is -2.33. The van der Waals surface area contributed by atoms with Crippen molar-refractivity contribution in [1.82, 2.24) is 14.5 Å². The lowest BCUT2D eigenvalue weighted by Crippen LogP contribution is -2.44. The number of aliphatic hydroxyl groups is 1. The molecule has 1 N–H and O–H groups in total. The fourth-order valence-corrected chi connectivity index (χ4v) is 3.38. The smallest absolute Gasteiger partial charge is 0.131 e. The molecule has 1 unspecified atom stereocenters. The van der Waals surface area contributed by atoms with E-state index >= 15 is 0 Å². The number of anilines is 1. The van der Waals surface area contributed by atoms with Crippen LogP contribution in [0.1, 0.15) is 0 Å². The molecule has 1 aliphatic heterocycles. The Hall–Kier alpha value is -1.86. The minimum atomic E-state index is -0.224. The van der Waals surface area contributed by atoms with Gasteiger partial charge >= 0.3 is 0 Å². The van der Waals surface area contributed by atoms with Crippen LogP contribution in [0.2, 0.25) is 10.0 Å². The predicted octanol–water partition coefficient (Wildman–Crippen LogP) is 2.92. The monoisotopic (exact) mass is 378 g/mol. The molecule has 0 aliphatic carbocycles. The molecule has 0 radical (unpaired) electrons. The summed E-state index contributed by atoms with van der Waals surface area (Å²) in [4.78, 5) is 11.0. The van der Waals surface area contributed by atoms with E-state index in [-0.39, 0.29) is 12.7 Å². The molecule has 6 nitrogen and oxygen atoms in total. The van der Waals surface area contributed by atoms with E-state index < -0.39 is 0 Å². The Kier molecular flexibility index (Phi) is 4.52. The summed E-state index contributed by atoms with van der Waals surface area (Å²) in [5.41, 5.74) is 1.56. The molecule has 1 aromatic carbocycles. The van der Waals surface area contributed by atoms with E-state index in [9.17, 15) is 5.11 Å². The van der Waals surface area contributed by atoms with Crippen molar-refractivity contribution in [3.8, 4) is 5.69 Å². The molecule has 3 heterocycles. The molecule has 0 amide bonds. The van der Waals surface area contributed by atoms with Crippen LogP contribution in [0.3, 0.4) is 0 Å². The minimum absolute atomic E-state index is 0.0228. The molecule has 0 saturated carbocycles. The van der Waals surface area contributed by atoms with Gasteiger partial charge in [0.05, 0.1) is 46.9 Å². The Morgan fingerprint density at radius 1 is 1.32 bits per heavy atom. The first-order valence-electron chi connectivity index (χ1n) is 7.92. The highest BCUT2D eigenvalue weighted by atomic mass is 35.5. The first-order valence-corrected chi connectivity index (χ1v) is 8.67. The maximum absolute atomic E-state index is 9.39. The normalized spacial score (nSPS) is 18.0. The molecule has 4 rings (SSSR count). The predicted molar refractivity (Wildman–Crippen MR) is 97.9 cm³/mol. The number of aliphatic hydroxyl groups excluding tert-OH is 1. The van der Waals surface area contributed by atoms with Crippen molar-refractivity contribution >= 4 is 39.9 Å². The Morgan fingerprint density at radius 3 is 2.96 bits per heavy atom. The number of morpholine rings is 1. The average molecular weight is 379 g/mol. The van der Waals surface area contributed by atoms with Crippen LogP contribution in [0.5, 0.6) is 0 Å². The Balaban J connectivity index is 1.89. The maximum Gasteiger partial charge on any atom is 0.131 e. The van der Waals surface area contributed by atoms with Gasteiger partial charge in [0.1, 0.15) is 5.82 Å². The quantitative estimate of drug-likeness (QED) is 0.758. The van der Waals surface area contributed by atoms with Crippen molar-refractivity contribution in [2.45, 2.75) is 6.10 Å². The van der Waals surface area contributed by atoms with Crippen molar-refractivity contribution in [1.29, 1.82) is 0 Å². The number of nitrogens with zero attached hydrogens (tertiary/aromatic N) is 4. The third-order valence-electron chi connectivity index (χ3n) is 4.29. The highest BCUT2D eigenvalue weighted by Gasteiger charge is 2.22. The van der Waals surface area contributed by atoms with Crippen molar-refractivity contribution in [3.63, 3.8) is 0 Å². The van der Waals surface area contributed by atoms with E-state index in [0.717, 1.165) is 16.9 Å². The number of pyridine rings is 1. The van der Waals surface area contributed by atoms with Gasteiger partial charge in [-0.3, -0.25) is 0 Å². The van der Waals surface area contributed by atoms with E-state index in [0.29, 0.717) is 35.3 Å². The lowest BCUT2D eigenvalue weighted by atomic mass is 10.1. The molecule has 1 saturated heterocycles. The molecule has 1 atom stereocenters. The van der Waals surface area contributed by atoms with Crippen LogP contribution in [0.25, 0.3) is 16.6 Å². The van der Waals surface area contributed by atoms with Gasteiger partial charge in [-0.1, -0.05) is 23.2 Å². The van der Waals surface area contributed by atoms with Crippen LogP contribution in [0.4, 0.5) is 5.82 Å². The van der Waals surface area contributed by atoms with Gasteiger partial charge in [-0.2, -0.15) is 0 Å². The molecule has 130 valence electrons. The van der Waals surface area contributed by atoms with E-state index in [1.165, 1.54) is 0 Å². The molecular weight excluding hydrogens is 363 g/mol. The zero-order valence-corrected chi connectivity index (χ0v) is 14.8. The maximum atomic E-state index is 9.39. The average Bonchev–Trinajstić information content (AvgIpc) is 3.18. The summed E-state index contributed by atoms with van der Waals surface area (Å²) in [7, 11) is 0. The van der Waals surface area contributed by atoms with Crippen LogP contribution in [-0.2, 0) is 4.74 Å². The molecule has 1 aliphatic rings. The molecule has 0 spiro atoms. The summed E-state index contributed by atoms with van der Waals surface area (Å²) in [6, 6.07) is 5.67. The second kappa shape index (κ2) is 6.80. The third-order valence-corrected chi connectivity index (χ3v) is 5.08. The number of imidazole rings is 1. The fraction of sp³-hybridized carbons (Fsp3) is 0.294. The van der Waals surface area contributed by atoms with Gasteiger partial charge in [0.25, 0.3) is 0 Å². The SMILES string of the molecule is OCC1CN(c2cc(-n3ccnc3)c3ccc(Cl)c(Cl)c3n2)CCO1. The number of aromatic nitrogens is 3. The number of benzene rings is 1. The number of fused-ring (bicyclic) bond motifs is 1. The third kappa shape index (κ3) is 3.06. The minimum Gasteiger partial charge on any atom is -0.394 e. The van der Waals surface area contributed by atoms with Crippen LogP contribution >= 0.6 is 23.2 Å². The van der Waals surface area contributed by atoms with Crippen molar-refractivity contribution in [2.75, 3.05) is 31.2 Å². The van der Waals surface area contributed by atoms with Gasteiger partial charge in [0.15, 0.2) is 0 Å². The number of hydrogen-bond acceptors (Lipinski definition) is 5. The molecule has 0 bridgehead atoms. The number of halogens is 2. The van der Waals surface area contributed by atoms with Crippen LogP contribution in [-0.4, -0.2) is 52.0 Å². The van der Waals surface area contributed by atoms with Crippen molar-refractivity contribution < 1.29 is 9.84 Å². The van der Waals surface area contributed by atoms with E-state index in [2.05, 4.69) is 9.88 Å². The second-order valence-electron chi connectivity index (χ2n) is 5.85. The molecule has 25 heavy (non-hydrogen) atoms. The molecular formula is C17H16Cl2N4O2. The van der Waals surface area contributed by atoms with Crippen LogP contribution in [0, 0.1) is 0 Å². The van der Waals surface area contributed by atoms with Crippen molar-refractivity contribution in [2.24, 2.45) is 0 Å². The number of ether oxygens (including phenoxy) is 1. The zero-order valence-electron chi connectivity index (χ0n) is 13.3. The van der Waals surface area contributed by atoms with Gasteiger partial charge in [-0.05, 0) is 12.1 Å². The molecule has 1 fully saturated rings. The van der Waals surface area contributed by atoms with E-state index in [1.807, 2.05) is 22.9 Å². The first-order chi connectivity index (χ1) is 12.2. The number of rotatable bonds is 3. The highest BCUT2D eigenvalue weighted by Crippen LogP contribution is 2.35. The summed E-state index contributed by atoms with van der Waals surface area (Å²) in [5.74, 6) is 0.766. The standard InChI is InChI=1S/C17H16Cl2N4O2/c18-13-2-1-12-14(23-4-3-20-10-23)7-15(21-17(12)16(13)19)22-5-6-25-11(8-22)9-24/h1-4,7,10-11,24H,5-6,8-9H2. The van der Waals surface area contributed by atoms with Crippen LogP contribution in [0.15, 0.2) is 36.9 Å².